The Labute approximate surface area is 239 Å². The summed E-state index contributed by atoms with van der Waals surface area (Å²) in [6.07, 6.45) is 3.57. The quantitative estimate of drug-likeness (QED) is 0.0794. The first kappa shape index (κ1) is 36.9. The van der Waals surface area contributed by atoms with Gasteiger partial charge in [-0.3, -0.25) is 0 Å². The second kappa shape index (κ2) is 19.9. The summed E-state index contributed by atoms with van der Waals surface area (Å²) in [6.45, 7) is 15.1. The van der Waals surface area contributed by atoms with Crippen LogP contribution in [0.15, 0.2) is 63.3 Å². The lowest BCUT2D eigenvalue weighted by Gasteiger charge is -2.35. The molecular formula is C28H38O13. The van der Waals surface area contributed by atoms with Crippen molar-refractivity contribution in [2.75, 3.05) is 52.9 Å². The van der Waals surface area contributed by atoms with Gasteiger partial charge in [0.05, 0.1) is 30.7 Å². The molecule has 13 heteroatoms. The fourth-order valence-electron chi connectivity index (χ4n) is 2.79. The average molecular weight is 583 g/mol. The highest BCUT2D eigenvalue weighted by molar-refractivity contribution is 5.82. The maximum absolute atomic E-state index is 11.8. The molecule has 0 radical (unpaired) electrons. The molecule has 0 saturated carbocycles. The Morgan fingerprint density at radius 2 is 0.829 bits per heavy atom. The van der Waals surface area contributed by atoms with Crippen molar-refractivity contribution in [3.63, 3.8) is 0 Å². The van der Waals surface area contributed by atoms with Crippen molar-refractivity contribution in [2.45, 2.75) is 19.6 Å². The molecule has 0 aliphatic rings. The Balaban J connectivity index is 6.27. The van der Waals surface area contributed by atoms with Gasteiger partial charge >= 0.3 is 29.8 Å². The van der Waals surface area contributed by atoms with Gasteiger partial charge in [-0.25, -0.2) is 24.0 Å². The number of esters is 5. The predicted molar refractivity (Wildman–Crippen MR) is 144 cm³/mol. The maximum atomic E-state index is 11.8. The molecule has 1 unspecified atom stereocenters. The first-order chi connectivity index (χ1) is 19.4. The molecule has 0 aliphatic heterocycles. The molecule has 0 aliphatic carbocycles. The molecule has 0 amide bonds. The molecule has 0 spiro atoms. The maximum Gasteiger partial charge on any atom is 0.330 e. The fourth-order valence-corrected chi connectivity index (χ4v) is 2.79. The van der Waals surface area contributed by atoms with Crippen LogP contribution < -0.4 is 0 Å². The summed E-state index contributed by atoms with van der Waals surface area (Å²) in [7, 11) is 0. The van der Waals surface area contributed by atoms with Gasteiger partial charge in [0.1, 0.15) is 33.0 Å². The molecule has 13 nitrogen and oxygen atoms in total. The van der Waals surface area contributed by atoms with E-state index in [9.17, 15) is 29.1 Å². The number of carbonyl (C=O) groups excluding carboxylic acids is 5. The van der Waals surface area contributed by atoms with E-state index >= 15 is 0 Å². The second-order valence-corrected chi connectivity index (χ2v) is 8.73. The van der Waals surface area contributed by atoms with Gasteiger partial charge in [-0.05, 0) is 6.42 Å². The smallest absolute Gasteiger partial charge is 0.330 e. The van der Waals surface area contributed by atoms with Crippen molar-refractivity contribution in [3.8, 4) is 0 Å². The molecule has 228 valence electrons. The summed E-state index contributed by atoms with van der Waals surface area (Å²) in [5, 5.41) is 9.98. The van der Waals surface area contributed by atoms with Crippen LogP contribution in [0.3, 0.4) is 0 Å². The predicted octanol–water partition coefficient (Wildman–Crippen LogP) is 1.37. The lowest BCUT2D eigenvalue weighted by Crippen LogP contribution is -2.47. The zero-order valence-corrected chi connectivity index (χ0v) is 23.2. The van der Waals surface area contributed by atoms with Crippen molar-refractivity contribution in [1.29, 1.82) is 0 Å². The Morgan fingerprint density at radius 3 is 1.07 bits per heavy atom. The summed E-state index contributed by atoms with van der Waals surface area (Å²) in [6, 6.07) is 0. The first-order valence-corrected chi connectivity index (χ1v) is 12.3. The zero-order valence-electron chi connectivity index (χ0n) is 23.2. The van der Waals surface area contributed by atoms with Gasteiger partial charge in [-0.1, -0.05) is 39.8 Å². The van der Waals surface area contributed by atoms with E-state index in [1.807, 2.05) is 0 Å². The van der Waals surface area contributed by atoms with E-state index in [4.69, 9.17) is 33.2 Å². The Kier molecular flexibility index (Phi) is 17.9. The molecule has 0 aromatic heterocycles. The van der Waals surface area contributed by atoms with Crippen LogP contribution in [-0.4, -0.2) is 94.1 Å². The van der Waals surface area contributed by atoms with E-state index < -0.39 is 80.0 Å². The van der Waals surface area contributed by atoms with Crippen molar-refractivity contribution < 1.29 is 62.2 Å². The zero-order chi connectivity index (χ0) is 31.3. The van der Waals surface area contributed by atoms with Crippen LogP contribution in [-0.2, 0) is 57.1 Å². The summed E-state index contributed by atoms with van der Waals surface area (Å²) in [5.74, 6) is -4.03. The minimum Gasteiger partial charge on any atom is -0.462 e. The molecule has 1 N–H and O–H groups in total. The van der Waals surface area contributed by atoms with Gasteiger partial charge in [0, 0.05) is 30.4 Å². The number of aliphatic hydroxyl groups is 1. The minimum absolute atomic E-state index is 0.219. The number of hydrogen-bond acceptors (Lipinski definition) is 13. The number of ether oxygens (including phenoxy) is 7. The lowest BCUT2D eigenvalue weighted by atomic mass is 9.90. The fraction of sp³-hybridized carbons (Fsp3) is 0.464. The van der Waals surface area contributed by atoms with E-state index in [-0.39, 0.29) is 26.2 Å². The molecule has 41 heavy (non-hydrogen) atoms. The largest absolute Gasteiger partial charge is 0.462 e. The van der Waals surface area contributed by atoms with E-state index in [0.29, 0.717) is 0 Å². The minimum atomic E-state index is -1.46. The third-order valence-electron chi connectivity index (χ3n) is 5.18. The molecule has 1 atom stereocenters. The summed E-state index contributed by atoms with van der Waals surface area (Å²) >= 11 is 0. The highest BCUT2D eigenvalue weighted by Crippen LogP contribution is 2.26. The normalized spacial score (nSPS) is 11.7. The third-order valence-corrected chi connectivity index (χ3v) is 5.18. The lowest BCUT2D eigenvalue weighted by molar-refractivity contribution is -0.181. The Morgan fingerprint density at radius 1 is 0.561 bits per heavy atom. The molecule has 0 bridgehead atoms. The van der Waals surface area contributed by atoms with E-state index in [2.05, 4.69) is 32.9 Å². The van der Waals surface area contributed by atoms with E-state index in [1.165, 1.54) is 0 Å². The molecule has 0 saturated heterocycles. The number of aliphatic hydroxyl groups excluding tert-OH is 1. The molecule has 0 fully saturated rings. The topological polar surface area (TPSA) is 170 Å². The van der Waals surface area contributed by atoms with Gasteiger partial charge < -0.3 is 38.3 Å². The SMILES string of the molecule is C=CC(=O)OCC(COCC(COC(=O)C=C)(COC(=O)C=C)COC(O)CC)(COC(=O)C=C)COC(=O)C=C. The Hall–Kier alpha value is -4.07. The Bertz CT molecular complexity index is 869. The summed E-state index contributed by atoms with van der Waals surface area (Å²) in [5.41, 5.74) is -2.84. The van der Waals surface area contributed by atoms with Crippen LogP contribution in [0.25, 0.3) is 0 Å². The van der Waals surface area contributed by atoms with Gasteiger partial charge in [-0.2, -0.15) is 0 Å². The average Bonchev–Trinajstić information content (AvgIpc) is 3.00. The van der Waals surface area contributed by atoms with Crippen LogP contribution in [0.1, 0.15) is 13.3 Å². The summed E-state index contributed by atoms with van der Waals surface area (Å²) in [4.78, 5) is 59.2. The van der Waals surface area contributed by atoms with Crippen LogP contribution in [0.4, 0.5) is 0 Å². The molecule has 0 heterocycles. The van der Waals surface area contributed by atoms with Crippen LogP contribution in [0.2, 0.25) is 0 Å². The highest BCUT2D eigenvalue weighted by atomic mass is 16.6. The van der Waals surface area contributed by atoms with Crippen LogP contribution >= 0.6 is 0 Å². The van der Waals surface area contributed by atoms with Crippen molar-refractivity contribution in [1.82, 2.24) is 0 Å². The van der Waals surface area contributed by atoms with Crippen molar-refractivity contribution >= 4 is 29.8 Å². The van der Waals surface area contributed by atoms with Crippen LogP contribution in [0.5, 0.6) is 0 Å². The van der Waals surface area contributed by atoms with Gasteiger partial charge in [0.2, 0.25) is 0 Å². The van der Waals surface area contributed by atoms with Crippen LogP contribution in [0, 0.1) is 10.8 Å². The van der Waals surface area contributed by atoms with Crippen molar-refractivity contribution in [3.05, 3.63) is 63.3 Å². The van der Waals surface area contributed by atoms with Gasteiger partial charge in [-0.15, -0.1) is 0 Å². The second-order valence-electron chi connectivity index (χ2n) is 8.73. The number of carbonyl (C=O) groups is 5. The number of hydrogen-bond donors (Lipinski definition) is 1. The van der Waals surface area contributed by atoms with E-state index in [1.54, 1.807) is 6.92 Å². The van der Waals surface area contributed by atoms with Crippen molar-refractivity contribution in [2.24, 2.45) is 10.8 Å². The summed E-state index contributed by atoms with van der Waals surface area (Å²) < 4.78 is 37.2. The van der Waals surface area contributed by atoms with E-state index in [0.717, 1.165) is 30.4 Å². The third kappa shape index (κ3) is 15.3. The molecule has 0 rings (SSSR count). The molecule has 0 aromatic carbocycles. The first-order valence-electron chi connectivity index (χ1n) is 12.3. The molecular weight excluding hydrogens is 544 g/mol. The highest BCUT2D eigenvalue weighted by Gasteiger charge is 2.40. The monoisotopic (exact) mass is 582 g/mol. The number of rotatable bonds is 23. The standard InChI is InChI=1S/C28H38O13/c1-7-21(29)36-15-27(16-37-22(30)8-2,17-38-23(31)9-3)13-35-14-28(18-39-24(32)10-4,19-40-25(33)11-5)20-41-26(34)12-6/h7-11,26,34H,1-5,12-20H2,6H3. The van der Waals surface area contributed by atoms with Gasteiger partial charge in [0.15, 0.2) is 6.29 Å². The van der Waals surface area contributed by atoms with Gasteiger partial charge in [0.25, 0.3) is 0 Å². The molecule has 0 aromatic rings.